The number of amides is 2. The number of ether oxygens (including phenoxy) is 1. The molecule has 5 nitrogen and oxygen atoms in total. The summed E-state index contributed by atoms with van der Waals surface area (Å²) in [6.07, 6.45) is 1.92. The van der Waals surface area contributed by atoms with Crippen molar-refractivity contribution in [3.8, 4) is 5.75 Å². The summed E-state index contributed by atoms with van der Waals surface area (Å²) < 4.78 is 5.83. The van der Waals surface area contributed by atoms with Crippen molar-refractivity contribution in [2.75, 3.05) is 13.2 Å². The molecule has 0 spiro atoms. The highest BCUT2D eigenvalue weighted by atomic mass is 16.5. The molecule has 0 aliphatic carbocycles. The molecule has 2 amide bonds. The molecular formula is C25H34N2O3. The number of hydrogen-bond acceptors (Lipinski definition) is 3. The van der Waals surface area contributed by atoms with Crippen LogP contribution >= 0.6 is 0 Å². The number of nitrogens with zero attached hydrogens (tertiary/aromatic N) is 1. The van der Waals surface area contributed by atoms with Crippen molar-refractivity contribution in [1.82, 2.24) is 10.2 Å². The molecule has 0 radical (unpaired) electrons. The molecule has 0 bridgehead atoms. The van der Waals surface area contributed by atoms with E-state index in [0.717, 1.165) is 35.1 Å². The third kappa shape index (κ3) is 6.90. The minimum absolute atomic E-state index is 0.108. The monoisotopic (exact) mass is 410 g/mol. The van der Waals surface area contributed by atoms with E-state index in [9.17, 15) is 9.59 Å². The van der Waals surface area contributed by atoms with E-state index in [1.807, 2.05) is 63.2 Å². The summed E-state index contributed by atoms with van der Waals surface area (Å²) in [5.74, 6) is 0.339. The van der Waals surface area contributed by atoms with E-state index in [4.69, 9.17) is 4.74 Å². The van der Waals surface area contributed by atoms with Gasteiger partial charge in [-0.1, -0.05) is 55.3 Å². The van der Waals surface area contributed by atoms with E-state index in [1.54, 1.807) is 11.8 Å². The Morgan fingerprint density at radius 2 is 1.80 bits per heavy atom. The Balaban J connectivity index is 2.15. The zero-order chi connectivity index (χ0) is 22.1. The maximum atomic E-state index is 13.1. The topological polar surface area (TPSA) is 58.6 Å². The first kappa shape index (κ1) is 23.5. The third-order valence-electron chi connectivity index (χ3n) is 5.13. The lowest BCUT2D eigenvalue weighted by atomic mass is 10.1. The lowest BCUT2D eigenvalue weighted by Crippen LogP contribution is -2.49. The number of aryl methyl sites for hydroxylation is 3. The van der Waals surface area contributed by atoms with Crippen LogP contribution in [-0.4, -0.2) is 35.9 Å². The fraction of sp³-hybridized carbons (Fsp3) is 0.440. The van der Waals surface area contributed by atoms with E-state index in [-0.39, 0.29) is 18.4 Å². The molecule has 0 saturated carbocycles. The number of rotatable bonds is 10. The van der Waals surface area contributed by atoms with Crippen molar-refractivity contribution in [3.05, 3.63) is 64.7 Å². The molecule has 1 atom stereocenters. The van der Waals surface area contributed by atoms with Gasteiger partial charge in [0.15, 0.2) is 6.61 Å². The maximum absolute atomic E-state index is 13.1. The molecule has 0 aromatic heterocycles. The summed E-state index contributed by atoms with van der Waals surface area (Å²) in [5.41, 5.74) is 4.15. The number of hydrogen-bond donors (Lipinski definition) is 1. The molecule has 0 fully saturated rings. The molecule has 0 aliphatic rings. The van der Waals surface area contributed by atoms with E-state index in [1.165, 1.54) is 0 Å². The first-order valence-electron chi connectivity index (χ1n) is 10.6. The Labute approximate surface area is 180 Å². The lowest BCUT2D eigenvalue weighted by Gasteiger charge is -2.29. The number of carbonyl (C=O) groups excluding carboxylic acids is 2. The van der Waals surface area contributed by atoms with Crippen LogP contribution in [0, 0.1) is 20.8 Å². The summed E-state index contributed by atoms with van der Waals surface area (Å²) in [6.45, 7) is 10.7. The van der Waals surface area contributed by atoms with Gasteiger partial charge < -0.3 is 15.0 Å². The summed E-state index contributed by atoms with van der Waals surface area (Å²) in [6, 6.07) is 13.3. The van der Waals surface area contributed by atoms with E-state index < -0.39 is 6.04 Å². The van der Waals surface area contributed by atoms with E-state index >= 15 is 0 Å². The molecule has 30 heavy (non-hydrogen) atoms. The Kier molecular flexibility index (Phi) is 8.90. The fourth-order valence-corrected chi connectivity index (χ4v) is 3.21. The molecule has 0 aliphatic heterocycles. The van der Waals surface area contributed by atoms with Crippen LogP contribution in [0.25, 0.3) is 0 Å². The standard InChI is InChI=1S/C25H34N2O3/c1-6-7-13-26-25(29)21(5)27(16-22-10-8-9-18(2)14-22)24(28)17-30-23-15-19(3)11-12-20(23)4/h8-12,14-15,21H,6-7,13,16-17H2,1-5H3,(H,26,29)/t21-/m1/s1. The van der Waals surface area contributed by atoms with Crippen LogP contribution in [0.4, 0.5) is 0 Å². The van der Waals surface area contributed by atoms with Crippen molar-refractivity contribution in [2.24, 2.45) is 0 Å². The van der Waals surface area contributed by atoms with Crippen LogP contribution in [0.5, 0.6) is 5.75 Å². The van der Waals surface area contributed by atoms with Crippen LogP contribution in [0.15, 0.2) is 42.5 Å². The fourth-order valence-electron chi connectivity index (χ4n) is 3.21. The van der Waals surface area contributed by atoms with Gasteiger partial charge in [-0.2, -0.15) is 0 Å². The molecule has 0 heterocycles. The summed E-state index contributed by atoms with van der Waals surface area (Å²) in [5, 5.41) is 2.93. The quantitative estimate of drug-likeness (QED) is 0.593. The average molecular weight is 411 g/mol. The predicted octanol–water partition coefficient (Wildman–Crippen LogP) is 4.32. The summed E-state index contributed by atoms with van der Waals surface area (Å²) in [7, 11) is 0. The van der Waals surface area contributed by atoms with Crippen molar-refractivity contribution in [1.29, 1.82) is 0 Å². The summed E-state index contributed by atoms with van der Waals surface area (Å²) >= 11 is 0. The molecule has 162 valence electrons. The van der Waals surface area contributed by atoms with Gasteiger partial charge in [0.2, 0.25) is 5.91 Å². The molecule has 0 saturated heterocycles. The highest BCUT2D eigenvalue weighted by molar-refractivity contribution is 5.88. The van der Waals surface area contributed by atoms with Crippen LogP contribution in [0.1, 0.15) is 48.9 Å². The molecule has 1 N–H and O–H groups in total. The van der Waals surface area contributed by atoms with Gasteiger partial charge >= 0.3 is 0 Å². The van der Waals surface area contributed by atoms with E-state index in [0.29, 0.717) is 18.8 Å². The van der Waals surface area contributed by atoms with Crippen LogP contribution in [0.2, 0.25) is 0 Å². The number of nitrogens with one attached hydrogen (secondary N) is 1. The van der Waals surface area contributed by atoms with Gasteiger partial charge in [0.05, 0.1) is 0 Å². The van der Waals surface area contributed by atoms with Crippen LogP contribution in [-0.2, 0) is 16.1 Å². The normalized spacial score (nSPS) is 11.6. The van der Waals surface area contributed by atoms with Gasteiger partial charge in [0.25, 0.3) is 5.91 Å². The lowest BCUT2D eigenvalue weighted by molar-refractivity contribution is -0.142. The maximum Gasteiger partial charge on any atom is 0.261 e. The van der Waals surface area contributed by atoms with Gasteiger partial charge in [-0.25, -0.2) is 0 Å². The van der Waals surface area contributed by atoms with Gasteiger partial charge in [0.1, 0.15) is 11.8 Å². The minimum Gasteiger partial charge on any atom is -0.483 e. The molecule has 5 heteroatoms. The SMILES string of the molecule is CCCCNC(=O)[C@@H](C)N(Cc1cccc(C)c1)C(=O)COc1cc(C)ccc1C. The zero-order valence-electron chi connectivity index (χ0n) is 18.8. The molecular weight excluding hydrogens is 376 g/mol. The highest BCUT2D eigenvalue weighted by Crippen LogP contribution is 2.19. The largest absolute Gasteiger partial charge is 0.483 e. The van der Waals surface area contributed by atoms with Crippen molar-refractivity contribution < 1.29 is 14.3 Å². The smallest absolute Gasteiger partial charge is 0.261 e. The number of carbonyl (C=O) groups is 2. The minimum atomic E-state index is -0.586. The second-order valence-electron chi connectivity index (χ2n) is 7.89. The predicted molar refractivity (Wildman–Crippen MR) is 121 cm³/mol. The van der Waals surface area contributed by atoms with Gasteiger partial charge in [-0.3, -0.25) is 9.59 Å². The van der Waals surface area contributed by atoms with Crippen LogP contribution in [0.3, 0.4) is 0 Å². The summed E-state index contributed by atoms with van der Waals surface area (Å²) in [4.78, 5) is 27.3. The Morgan fingerprint density at radius 1 is 1.07 bits per heavy atom. The molecule has 2 aromatic rings. The second kappa shape index (κ2) is 11.4. The second-order valence-corrected chi connectivity index (χ2v) is 7.89. The van der Waals surface area contributed by atoms with Gasteiger partial charge in [-0.15, -0.1) is 0 Å². The first-order chi connectivity index (χ1) is 14.3. The molecule has 2 aromatic carbocycles. The number of benzene rings is 2. The first-order valence-corrected chi connectivity index (χ1v) is 10.6. The third-order valence-corrected chi connectivity index (χ3v) is 5.13. The molecule has 2 rings (SSSR count). The van der Waals surface area contributed by atoms with Gasteiger partial charge in [0, 0.05) is 13.1 Å². The van der Waals surface area contributed by atoms with E-state index in [2.05, 4.69) is 12.2 Å². The van der Waals surface area contributed by atoms with Crippen molar-refractivity contribution >= 4 is 11.8 Å². The van der Waals surface area contributed by atoms with Crippen molar-refractivity contribution in [3.63, 3.8) is 0 Å². The Hall–Kier alpha value is -2.82. The van der Waals surface area contributed by atoms with Gasteiger partial charge in [-0.05, 0) is 56.9 Å². The Morgan fingerprint density at radius 3 is 2.50 bits per heavy atom. The molecule has 0 unspecified atom stereocenters. The zero-order valence-corrected chi connectivity index (χ0v) is 18.8. The highest BCUT2D eigenvalue weighted by Gasteiger charge is 2.26. The average Bonchev–Trinajstić information content (AvgIpc) is 2.72. The number of unbranched alkanes of at least 4 members (excludes halogenated alkanes) is 1. The van der Waals surface area contributed by atoms with Crippen molar-refractivity contribution in [2.45, 2.75) is 60.0 Å². The Bertz CT molecular complexity index is 863. The van der Waals surface area contributed by atoms with Crippen LogP contribution < -0.4 is 10.1 Å².